The van der Waals surface area contributed by atoms with Gasteiger partial charge in [-0.05, 0) is 50.6 Å². The molecule has 0 aliphatic heterocycles. The highest BCUT2D eigenvalue weighted by Gasteiger charge is 2.33. The van der Waals surface area contributed by atoms with E-state index in [9.17, 15) is 13.2 Å². The van der Waals surface area contributed by atoms with Crippen LogP contribution in [0, 0.1) is 6.92 Å². The Hall–Kier alpha value is -1.88. The number of hydrogen-bond acceptors (Lipinski definition) is 2. The Morgan fingerprint density at radius 3 is 2.30 bits per heavy atom. The Morgan fingerprint density at radius 2 is 1.63 bits per heavy atom. The fraction of sp³-hybridized carbons (Fsp3) is 0.500. The topological polar surface area (TPSA) is 24.9 Å². The second-order valence-electron chi connectivity index (χ2n) is 7.02. The minimum absolute atomic E-state index is 0.374. The zero-order valence-corrected chi connectivity index (χ0v) is 16.2. The molecule has 1 aromatic heterocycles. The molecule has 0 spiro atoms. The van der Waals surface area contributed by atoms with Crippen molar-refractivity contribution in [2.75, 3.05) is 13.1 Å². The molecule has 1 N–H and O–H groups in total. The van der Waals surface area contributed by atoms with Crippen LogP contribution >= 0.6 is 0 Å². The maximum atomic E-state index is 13.2. The Balaban J connectivity index is 2.00. The molecule has 0 amide bonds. The normalized spacial score (nSPS) is 11.7. The molecule has 0 unspecified atom stereocenters. The van der Waals surface area contributed by atoms with Gasteiger partial charge in [-0.25, -0.2) is 4.98 Å². The second kappa shape index (κ2) is 10.5. The van der Waals surface area contributed by atoms with E-state index in [0.29, 0.717) is 29.8 Å². The van der Waals surface area contributed by atoms with Gasteiger partial charge in [0.2, 0.25) is 0 Å². The summed E-state index contributed by atoms with van der Waals surface area (Å²) in [5, 5.41) is 3.33. The van der Waals surface area contributed by atoms with Crippen molar-refractivity contribution in [2.45, 2.75) is 58.5 Å². The summed E-state index contributed by atoms with van der Waals surface area (Å²) in [6, 6.07) is 10.3. The predicted octanol–water partition coefficient (Wildman–Crippen LogP) is 6.18. The van der Waals surface area contributed by atoms with Crippen LogP contribution in [0.3, 0.4) is 0 Å². The quantitative estimate of drug-likeness (QED) is 0.500. The molecule has 2 nitrogen and oxygen atoms in total. The second-order valence-corrected chi connectivity index (χ2v) is 7.02. The first-order valence-electron chi connectivity index (χ1n) is 9.76. The Morgan fingerprint density at radius 1 is 0.926 bits per heavy atom. The largest absolute Gasteiger partial charge is 0.433 e. The maximum Gasteiger partial charge on any atom is 0.433 e. The molecule has 0 saturated heterocycles. The number of unbranched alkanes of at least 4 members (excludes halogenated alkanes) is 4. The molecule has 0 radical (unpaired) electrons. The SMILES string of the molecule is CCCCCCCNCCc1cc(-c2ccc(C)cc2)nc(C(F)(F)F)c1. The van der Waals surface area contributed by atoms with Crippen LogP contribution in [-0.4, -0.2) is 18.1 Å². The lowest BCUT2D eigenvalue weighted by Crippen LogP contribution is -2.19. The van der Waals surface area contributed by atoms with Gasteiger partial charge in [-0.15, -0.1) is 0 Å². The molecule has 0 atom stereocenters. The lowest BCUT2D eigenvalue weighted by Gasteiger charge is -2.12. The number of aryl methyl sites for hydroxylation is 1. The lowest BCUT2D eigenvalue weighted by molar-refractivity contribution is -0.141. The van der Waals surface area contributed by atoms with Crippen molar-refractivity contribution >= 4 is 0 Å². The highest BCUT2D eigenvalue weighted by molar-refractivity contribution is 5.60. The van der Waals surface area contributed by atoms with E-state index >= 15 is 0 Å². The van der Waals surface area contributed by atoms with E-state index in [1.54, 1.807) is 6.07 Å². The number of aromatic nitrogens is 1. The van der Waals surface area contributed by atoms with E-state index in [1.165, 1.54) is 31.7 Å². The smallest absolute Gasteiger partial charge is 0.316 e. The molecular weight excluding hydrogens is 349 g/mol. The molecule has 0 bridgehead atoms. The fourth-order valence-corrected chi connectivity index (χ4v) is 2.96. The van der Waals surface area contributed by atoms with Gasteiger partial charge in [0, 0.05) is 5.56 Å². The first-order chi connectivity index (χ1) is 12.9. The van der Waals surface area contributed by atoms with Gasteiger partial charge in [0.05, 0.1) is 5.69 Å². The molecule has 148 valence electrons. The van der Waals surface area contributed by atoms with Crippen molar-refractivity contribution in [1.29, 1.82) is 0 Å². The van der Waals surface area contributed by atoms with E-state index in [2.05, 4.69) is 17.2 Å². The minimum atomic E-state index is -4.44. The average Bonchev–Trinajstić information content (AvgIpc) is 2.63. The molecule has 0 fully saturated rings. The fourth-order valence-electron chi connectivity index (χ4n) is 2.96. The van der Waals surface area contributed by atoms with Crippen molar-refractivity contribution in [3.8, 4) is 11.3 Å². The van der Waals surface area contributed by atoms with E-state index < -0.39 is 11.9 Å². The number of nitrogens with zero attached hydrogens (tertiary/aromatic N) is 1. The third kappa shape index (κ3) is 7.33. The summed E-state index contributed by atoms with van der Waals surface area (Å²) in [6.07, 6.45) is 2.16. The van der Waals surface area contributed by atoms with E-state index in [1.807, 2.05) is 31.2 Å². The van der Waals surface area contributed by atoms with Crippen molar-refractivity contribution in [3.05, 3.63) is 53.2 Å². The first-order valence-corrected chi connectivity index (χ1v) is 9.76. The van der Waals surface area contributed by atoms with Crippen LogP contribution in [0.1, 0.15) is 55.8 Å². The molecule has 0 aliphatic rings. The number of benzene rings is 1. The lowest BCUT2D eigenvalue weighted by atomic mass is 10.0. The first kappa shape index (κ1) is 21.4. The standard InChI is InChI=1S/C22H29F3N2/c1-3-4-5-6-7-13-26-14-12-18-15-20(19-10-8-17(2)9-11-19)27-21(16-18)22(23,24)25/h8-11,15-16,26H,3-7,12-14H2,1-2H3. The number of halogens is 3. The van der Waals surface area contributed by atoms with Gasteiger partial charge in [-0.2, -0.15) is 13.2 Å². The summed E-state index contributed by atoms with van der Waals surface area (Å²) in [7, 11) is 0. The van der Waals surface area contributed by atoms with Gasteiger partial charge in [0.1, 0.15) is 5.69 Å². The van der Waals surface area contributed by atoms with E-state index in [4.69, 9.17) is 0 Å². The molecule has 1 aromatic carbocycles. The predicted molar refractivity (Wildman–Crippen MR) is 105 cm³/mol. The van der Waals surface area contributed by atoms with Crippen LogP contribution in [0.15, 0.2) is 36.4 Å². The van der Waals surface area contributed by atoms with Crippen molar-refractivity contribution < 1.29 is 13.2 Å². The summed E-state index contributed by atoms with van der Waals surface area (Å²) in [5.41, 5.74) is 1.98. The highest BCUT2D eigenvalue weighted by Crippen LogP contribution is 2.31. The number of nitrogens with one attached hydrogen (secondary N) is 1. The van der Waals surface area contributed by atoms with Gasteiger partial charge in [0.25, 0.3) is 0 Å². The van der Waals surface area contributed by atoms with Crippen LogP contribution < -0.4 is 5.32 Å². The molecule has 2 rings (SSSR count). The monoisotopic (exact) mass is 378 g/mol. The summed E-state index contributed by atoms with van der Waals surface area (Å²) >= 11 is 0. The Bertz CT molecular complexity index is 694. The van der Waals surface area contributed by atoms with Crippen LogP contribution in [-0.2, 0) is 12.6 Å². The summed E-state index contributed by atoms with van der Waals surface area (Å²) < 4.78 is 39.7. The van der Waals surface area contributed by atoms with Crippen molar-refractivity contribution in [1.82, 2.24) is 10.3 Å². The molecule has 5 heteroatoms. The van der Waals surface area contributed by atoms with Crippen molar-refractivity contribution in [3.63, 3.8) is 0 Å². The molecule has 1 heterocycles. The molecular formula is C22H29F3N2. The van der Waals surface area contributed by atoms with Gasteiger partial charge in [-0.3, -0.25) is 0 Å². The van der Waals surface area contributed by atoms with E-state index in [-0.39, 0.29) is 0 Å². The zero-order valence-electron chi connectivity index (χ0n) is 16.2. The molecule has 0 saturated carbocycles. The maximum absolute atomic E-state index is 13.2. The number of rotatable bonds is 10. The van der Waals surface area contributed by atoms with Gasteiger partial charge in [0.15, 0.2) is 0 Å². The van der Waals surface area contributed by atoms with Gasteiger partial charge >= 0.3 is 6.18 Å². The van der Waals surface area contributed by atoms with Crippen LogP contribution in [0.25, 0.3) is 11.3 Å². The number of alkyl halides is 3. The summed E-state index contributed by atoms with van der Waals surface area (Å²) in [6.45, 7) is 5.71. The van der Waals surface area contributed by atoms with Crippen LogP contribution in [0.4, 0.5) is 13.2 Å². The minimum Gasteiger partial charge on any atom is -0.316 e. The summed E-state index contributed by atoms with van der Waals surface area (Å²) in [5.74, 6) is 0. The molecule has 27 heavy (non-hydrogen) atoms. The summed E-state index contributed by atoms with van der Waals surface area (Å²) in [4.78, 5) is 3.85. The molecule has 0 aliphatic carbocycles. The molecule has 2 aromatic rings. The Labute approximate surface area is 160 Å². The third-order valence-electron chi connectivity index (χ3n) is 4.57. The van der Waals surface area contributed by atoms with Gasteiger partial charge in [-0.1, -0.05) is 62.4 Å². The number of pyridine rings is 1. The van der Waals surface area contributed by atoms with Crippen molar-refractivity contribution in [2.24, 2.45) is 0 Å². The average molecular weight is 378 g/mol. The number of hydrogen-bond donors (Lipinski definition) is 1. The van der Waals surface area contributed by atoms with Gasteiger partial charge < -0.3 is 5.32 Å². The zero-order chi connectivity index (χ0) is 19.7. The van der Waals surface area contributed by atoms with Crippen LogP contribution in [0.5, 0.6) is 0 Å². The van der Waals surface area contributed by atoms with Crippen LogP contribution in [0.2, 0.25) is 0 Å². The van der Waals surface area contributed by atoms with E-state index in [0.717, 1.165) is 18.5 Å². The highest BCUT2D eigenvalue weighted by atomic mass is 19.4. The Kier molecular flexibility index (Phi) is 8.29. The third-order valence-corrected chi connectivity index (χ3v) is 4.57.